The van der Waals surface area contributed by atoms with Crippen molar-refractivity contribution < 1.29 is 36.7 Å². The summed E-state index contributed by atoms with van der Waals surface area (Å²) in [4.78, 5) is 47.6. The van der Waals surface area contributed by atoms with Gasteiger partial charge in [-0.25, -0.2) is 38.3 Å². The molecular weight excluding hydrogens is 689 g/mol. The van der Waals surface area contributed by atoms with Gasteiger partial charge in [0.15, 0.2) is 29.4 Å². The lowest BCUT2D eigenvalue weighted by Crippen LogP contribution is -2.43. The minimum absolute atomic E-state index is 0.0782. The Hall–Kier alpha value is -2.84. The first-order valence-electron chi connectivity index (χ1n) is 13.9. The maximum atomic E-state index is 16.1. The van der Waals surface area contributed by atoms with E-state index in [4.69, 9.17) is 40.4 Å². The Balaban J connectivity index is 1.06. The van der Waals surface area contributed by atoms with Crippen LogP contribution in [-0.4, -0.2) is 86.5 Å². The van der Waals surface area contributed by atoms with Gasteiger partial charge in [-0.3, -0.25) is 13.9 Å². The van der Waals surface area contributed by atoms with E-state index in [-0.39, 0.29) is 59.1 Å². The number of nitrogens with zero attached hydrogens (tertiary/aromatic N) is 8. The highest BCUT2D eigenvalue weighted by Gasteiger charge is 2.52. The molecule has 5 aromatic rings. The molecule has 0 aromatic carbocycles. The summed E-state index contributed by atoms with van der Waals surface area (Å²) in [5.41, 5.74) is 6.63. The van der Waals surface area contributed by atoms with E-state index in [1.54, 1.807) is 4.57 Å². The number of fused-ring (bicyclic) bond motifs is 5. The Kier molecular flexibility index (Phi) is 7.37. The van der Waals surface area contributed by atoms with Gasteiger partial charge in [-0.15, -0.1) is 0 Å². The van der Waals surface area contributed by atoms with Crippen molar-refractivity contribution in [3.63, 3.8) is 0 Å². The van der Waals surface area contributed by atoms with E-state index in [1.165, 1.54) is 40.3 Å². The average molecular weight is 715 g/mol. The molecule has 3 unspecified atom stereocenters. The van der Waals surface area contributed by atoms with Crippen molar-refractivity contribution in [2.75, 3.05) is 25.6 Å². The first kappa shape index (κ1) is 30.5. The molecule has 0 amide bonds. The molecule has 1 aliphatic carbocycles. The Labute approximate surface area is 267 Å². The van der Waals surface area contributed by atoms with Crippen molar-refractivity contribution in [3.05, 3.63) is 41.7 Å². The second-order valence-electron chi connectivity index (χ2n) is 11.1. The van der Waals surface area contributed by atoms with E-state index in [0.29, 0.717) is 17.8 Å². The number of anilines is 1. The molecule has 46 heavy (non-hydrogen) atoms. The van der Waals surface area contributed by atoms with Crippen molar-refractivity contribution in [2.45, 2.75) is 37.1 Å². The predicted octanol–water partition coefficient (Wildman–Crippen LogP) is 1.91. The molecule has 2 aliphatic heterocycles. The van der Waals surface area contributed by atoms with Crippen LogP contribution < -0.4 is 11.3 Å². The number of aromatic amines is 1. The molecule has 4 N–H and O–H groups in total. The fourth-order valence-electron chi connectivity index (χ4n) is 6.20. The summed E-state index contributed by atoms with van der Waals surface area (Å²) in [6, 6.07) is -0.284. The van der Waals surface area contributed by atoms with Gasteiger partial charge in [0.05, 0.1) is 32.5 Å². The normalized spacial score (nSPS) is 35.7. The van der Waals surface area contributed by atoms with Crippen molar-refractivity contribution in [1.82, 2.24) is 43.4 Å². The van der Waals surface area contributed by atoms with Gasteiger partial charge in [-0.05, 0) is 24.1 Å². The molecule has 23 heteroatoms. The average Bonchev–Trinajstić information content (AvgIpc) is 3.79. The van der Waals surface area contributed by atoms with Gasteiger partial charge >= 0.3 is 13.5 Å². The van der Waals surface area contributed by atoms with E-state index in [9.17, 15) is 14.3 Å². The minimum Gasteiger partial charge on any atom is -0.382 e. The molecule has 9 atom stereocenters. The van der Waals surface area contributed by atoms with E-state index in [1.807, 2.05) is 0 Å². The number of H-pyrrole nitrogens is 1. The number of nitrogens with two attached hydrogens (primary N) is 1. The fraction of sp³-hybridized carbons (Fsp3) is 0.478. The maximum Gasteiger partial charge on any atom is 0.386 e. The zero-order chi connectivity index (χ0) is 32.0. The third-order valence-electron chi connectivity index (χ3n) is 8.55. The molecule has 7 heterocycles. The van der Waals surface area contributed by atoms with E-state index < -0.39 is 44.7 Å². The summed E-state index contributed by atoms with van der Waals surface area (Å²) in [7, 11) is 0. The standard InChI is InChI=1S/C23H25FN10O8P2S2/c24-14-17-13(41-22(14)34-9-29-15-18(25)27-7-28-19(15)34)6-40-43(36,45)39-5-11-10(4-38-44(37,46)42-17)3-12(11)33-8-30-16-20(33)31-23-26-1-2-32(23)21(16)35/h1-2,7-14,17,22H,3-6H2,(H,26,31)(H,36,45)(H,37,46)(H2,25,27,28)/t10?,11-,12-,13-,14-,17-,22-,43?,44?/m1/s1. The van der Waals surface area contributed by atoms with Crippen molar-refractivity contribution in [3.8, 4) is 0 Å². The van der Waals surface area contributed by atoms with E-state index in [0.717, 1.165) is 0 Å². The minimum atomic E-state index is -4.18. The van der Waals surface area contributed by atoms with Crippen molar-refractivity contribution in [2.24, 2.45) is 11.8 Å². The zero-order valence-corrected chi connectivity index (χ0v) is 26.8. The Bertz CT molecular complexity index is 2140. The lowest BCUT2D eigenvalue weighted by Gasteiger charge is -2.45. The molecule has 0 radical (unpaired) electrons. The number of rotatable bonds is 2. The number of hydrogen-bond donors (Lipinski definition) is 4. The van der Waals surface area contributed by atoms with Gasteiger partial charge in [0.2, 0.25) is 5.78 Å². The van der Waals surface area contributed by atoms with Crippen LogP contribution in [0.2, 0.25) is 0 Å². The molecule has 5 aromatic heterocycles. The molecule has 1 saturated carbocycles. The number of alkyl halides is 1. The molecule has 3 fully saturated rings. The van der Waals surface area contributed by atoms with Crippen LogP contribution in [-0.2, 0) is 39.2 Å². The van der Waals surface area contributed by atoms with Gasteiger partial charge in [-0.2, -0.15) is 0 Å². The van der Waals surface area contributed by atoms with E-state index in [2.05, 4.69) is 42.2 Å². The van der Waals surface area contributed by atoms with Crippen LogP contribution in [0.25, 0.3) is 28.1 Å². The molecule has 18 nitrogen and oxygen atoms in total. The number of halogens is 1. The summed E-state index contributed by atoms with van der Waals surface area (Å²) in [5, 5.41) is 0. The highest BCUT2D eigenvalue weighted by molar-refractivity contribution is 8.44. The predicted molar refractivity (Wildman–Crippen MR) is 164 cm³/mol. The van der Waals surface area contributed by atoms with Crippen molar-refractivity contribution in [1.29, 1.82) is 0 Å². The van der Waals surface area contributed by atoms with Crippen LogP contribution in [0.5, 0.6) is 0 Å². The maximum absolute atomic E-state index is 16.1. The number of thiol groups is 1. The molecule has 244 valence electrons. The van der Waals surface area contributed by atoms with Gasteiger partial charge in [0.1, 0.15) is 29.7 Å². The quantitative estimate of drug-likeness (QED) is 0.152. The topological polar surface area (TPSA) is 221 Å². The smallest absolute Gasteiger partial charge is 0.382 e. The molecular formula is C23H25FN10O8P2S2. The molecule has 2 saturated heterocycles. The van der Waals surface area contributed by atoms with Crippen LogP contribution in [0.4, 0.5) is 10.2 Å². The first-order chi connectivity index (χ1) is 22.0. The SMILES string of the molecule is Nc1ncnc2c1ncn2[C@@H]1O[C@@H]2COP(O)(=S)OC[C@@H]3C(COP(=O)(S)O[C@H]2[C@H]1F)C[C@H]3n1cnc2c(=O)n3ccnc3[nH]c21. The Morgan fingerprint density at radius 1 is 1.09 bits per heavy atom. The van der Waals surface area contributed by atoms with Crippen molar-refractivity contribution >= 4 is 71.5 Å². The van der Waals surface area contributed by atoms with Gasteiger partial charge < -0.3 is 38.5 Å². The third-order valence-corrected chi connectivity index (χ3v) is 11.8. The number of nitrogens with one attached hydrogen (secondary N) is 1. The highest BCUT2D eigenvalue weighted by Crippen LogP contribution is 2.59. The summed E-state index contributed by atoms with van der Waals surface area (Å²) >= 11 is 9.42. The largest absolute Gasteiger partial charge is 0.386 e. The third kappa shape index (κ3) is 5.09. The summed E-state index contributed by atoms with van der Waals surface area (Å²) < 4.78 is 62.6. The molecule has 0 bridgehead atoms. The summed E-state index contributed by atoms with van der Waals surface area (Å²) in [6.45, 7) is -8.73. The number of aromatic nitrogens is 9. The Morgan fingerprint density at radius 3 is 2.72 bits per heavy atom. The molecule has 0 spiro atoms. The summed E-state index contributed by atoms with van der Waals surface area (Å²) in [6.07, 6.45) is 1.50. The van der Waals surface area contributed by atoms with Crippen LogP contribution in [0.3, 0.4) is 0 Å². The fourth-order valence-corrected chi connectivity index (χ4v) is 8.87. The van der Waals surface area contributed by atoms with Crippen LogP contribution >= 0.6 is 25.8 Å². The first-order valence-corrected chi connectivity index (χ1v) is 19.2. The number of ether oxygens (including phenoxy) is 1. The summed E-state index contributed by atoms with van der Waals surface area (Å²) in [5.74, 6) is -0.206. The number of nitrogen functional groups attached to an aromatic ring is 1. The molecule has 3 aliphatic rings. The lowest BCUT2D eigenvalue weighted by molar-refractivity contribution is -0.0423. The number of hydrogen-bond acceptors (Lipinski definition) is 14. The highest BCUT2D eigenvalue weighted by atomic mass is 32.7. The molecule has 8 rings (SSSR count). The van der Waals surface area contributed by atoms with Crippen LogP contribution in [0.15, 0.2) is 36.2 Å². The monoisotopic (exact) mass is 714 g/mol. The van der Waals surface area contributed by atoms with Gasteiger partial charge in [0, 0.05) is 24.4 Å². The Morgan fingerprint density at radius 2 is 1.87 bits per heavy atom. The zero-order valence-electron chi connectivity index (χ0n) is 23.3. The lowest BCUT2D eigenvalue weighted by atomic mass is 9.70. The second-order valence-corrected chi connectivity index (χ2v) is 16.8. The number of imidazole rings is 3. The van der Waals surface area contributed by atoms with E-state index >= 15 is 4.39 Å². The second kappa shape index (κ2) is 11.1. The van der Waals surface area contributed by atoms with Gasteiger partial charge in [0.25, 0.3) is 5.56 Å². The van der Waals surface area contributed by atoms with Crippen LogP contribution in [0.1, 0.15) is 18.7 Å². The van der Waals surface area contributed by atoms with Gasteiger partial charge in [-0.1, -0.05) is 12.2 Å². The van der Waals surface area contributed by atoms with Crippen LogP contribution in [0, 0.1) is 11.8 Å².